The highest BCUT2D eigenvalue weighted by Crippen LogP contribution is 2.23. The van der Waals surface area contributed by atoms with Crippen LogP contribution in [0.2, 0.25) is 0 Å². The van der Waals surface area contributed by atoms with Crippen LogP contribution in [0.15, 0.2) is 46.9 Å². The molecule has 0 aliphatic carbocycles. The van der Waals surface area contributed by atoms with E-state index in [1.165, 1.54) is 6.07 Å². The standard InChI is InChI=1S/C15H12BrFN2/c1-10(12-4-2-11(9-18)3-5-12)19-13-6-7-14(16)15(17)8-13/h2-8,10,19H,1H3. The zero-order valence-corrected chi connectivity index (χ0v) is 11.9. The van der Waals surface area contributed by atoms with Crippen molar-refractivity contribution in [2.75, 3.05) is 5.32 Å². The Morgan fingerprint density at radius 1 is 1.21 bits per heavy atom. The third-order valence-electron chi connectivity index (χ3n) is 2.84. The fraction of sp³-hybridized carbons (Fsp3) is 0.133. The van der Waals surface area contributed by atoms with Crippen LogP contribution in [0.4, 0.5) is 10.1 Å². The molecule has 0 heterocycles. The van der Waals surface area contributed by atoms with Crippen LogP contribution in [0.3, 0.4) is 0 Å². The van der Waals surface area contributed by atoms with Gasteiger partial charge in [-0.2, -0.15) is 5.26 Å². The van der Waals surface area contributed by atoms with E-state index in [9.17, 15) is 4.39 Å². The summed E-state index contributed by atoms with van der Waals surface area (Å²) in [6.07, 6.45) is 0. The number of nitriles is 1. The maximum atomic E-state index is 13.4. The maximum absolute atomic E-state index is 13.4. The maximum Gasteiger partial charge on any atom is 0.139 e. The Hall–Kier alpha value is -1.86. The predicted molar refractivity (Wildman–Crippen MR) is 77.3 cm³/mol. The van der Waals surface area contributed by atoms with Crippen molar-refractivity contribution in [2.24, 2.45) is 0 Å². The summed E-state index contributed by atoms with van der Waals surface area (Å²) in [5.41, 5.74) is 2.39. The van der Waals surface area contributed by atoms with Gasteiger partial charge in [-0.05, 0) is 58.7 Å². The van der Waals surface area contributed by atoms with Gasteiger partial charge in [-0.1, -0.05) is 12.1 Å². The molecule has 0 aromatic heterocycles. The predicted octanol–water partition coefficient (Wildman–Crippen LogP) is 4.63. The van der Waals surface area contributed by atoms with Crippen LogP contribution in [0.1, 0.15) is 24.1 Å². The minimum Gasteiger partial charge on any atom is -0.378 e. The lowest BCUT2D eigenvalue weighted by Crippen LogP contribution is -2.06. The summed E-state index contributed by atoms with van der Waals surface area (Å²) in [7, 11) is 0. The van der Waals surface area contributed by atoms with Crippen LogP contribution in [-0.2, 0) is 0 Å². The molecule has 0 amide bonds. The van der Waals surface area contributed by atoms with Crippen molar-refractivity contribution in [2.45, 2.75) is 13.0 Å². The molecule has 96 valence electrons. The molecule has 0 fully saturated rings. The molecule has 1 N–H and O–H groups in total. The first-order valence-corrected chi connectivity index (χ1v) is 6.61. The fourth-order valence-electron chi connectivity index (χ4n) is 1.77. The van der Waals surface area contributed by atoms with E-state index in [2.05, 4.69) is 27.3 Å². The second-order valence-electron chi connectivity index (χ2n) is 4.23. The third kappa shape index (κ3) is 3.33. The van der Waals surface area contributed by atoms with Gasteiger partial charge in [0.2, 0.25) is 0 Å². The number of hydrogen-bond donors (Lipinski definition) is 1. The Morgan fingerprint density at radius 3 is 2.47 bits per heavy atom. The molecule has 2 nitrogen and oxygen atoms in total. The van der Waals surface area contributed by atoms with Gasteiger partial charge >= 0.3 is 0 Å². The fourth-order valence-corrected chi connectivity index (χ4v) is 2.01. The topological polar surface area (TPSA) is 35.8 Å². The van der Waals surface area contributed by atoms with Crippen LogP contribution in [-0.4, -0.2) is 0 Å². The molecule has 1 unspecified atom stereocenters. The monoisotopic (exact) mass is 318 g/mol. The summed E-state index contributed by atoms with van der Waals surface area (Å²) < 4.78 is 13.9. The highest BCUT2D eigenvalue weighted by Gasteiger charge is 2.07. The number of halogens is 2. The molecule has 19 heavy (non-hydrogen) atoms. The van der Waals surface area contributed by atoms with Gasteiger partial charge in [0, 0.05) is 11.7 Å². The second kappa shape index (κ2) is 5.85. The number of nitrogens with zero attached hydrogens (tertiary/aromatic N) is 1. The van der Waals surface area contributed by atoms with E-state index < -0.39 is 0 Å². The van der Waals surface area contributed by atoms with Crippen LogP contribution in [0.25, 0.3) is 0 Å². The molecule has 4 heteroatoms. The molecule has 2 aromatic carbocycles. The molecular weight excluding hydrogens is 307 g/mol. The van der Waals surface area contributed by atoms with E-state index in [0.717, 1.165) is 11.3 Å². The minimum absolute atomic E-state index is 0.0355. The van der Waals surface area contributed by atoms with Gasteiger partial charge in [0.15, 0.2) is 0 Å². The summed E-state index contributed by atoms with van der Waals surface area (Å²) in [4.78, 5) is 0. The zero-order chi connectivity index (χ0) is 13.8. The van der Waals surface area contributed by atoms with E-state index in [1.54, 1.807) is 18.2 Å². The highest BCUT2D eigenvalue weighted by atomic mass is 79.9. The first-order valence-electron chi connectivity index (χ1n) is 5.82. The molecule has 0 saturated carbocycles. The molecule has 0 aliphatic rings. The molecule has 2 aromatic rings. The largest absolute Gasteiger partial charge is 0.378 e. The Labute approximate surface area is 120 Å². The molecule has 0 aliphatic heterocycles. The van der Waals surface area contributed by atoms with Gasteiger partial charge in [0.1, 0.15) is 5.82 Å². The van der Waals surface area contributed by atoms with Crippen LogP contribution < -0.4 is 5.32 Å². The van der Waals surface area contributed by atoms with E-state index in [-0.39, 0.29) is 11.9 Å². The lowest BCUT2D eigenvalue weighted by Gasteiger charge is -2.16. The molecular formula is C15H12BrFN2. The average Bonchev–Trinajstić information content (AvgIpc) is 2.43. The molecule has 0 spiro atoms. The van der Waals surface area contributed by atoms with Crippen molar-refractivity contribution in [3.63, 3.8) is 0 Å². The van der Waals surface area contributed by atoms with E-state index in [0.29, 0.717) is 10.0 Å². The lowest BCUT2D eigenvalue weighted by molar-refractivity contribution is 0.621. The van der Waals surface area contributed by atoms with Gasteiger partial charge in [-0.15, -0.1) is 0 Å². The van der Waals surface area contributed by atoms with Crippen molar-refractivity contribution in [3.8, 4) is 6.07 Å². The van der Waals surface area contributed by atoms with Gasteiger partial charge in [0.25, 0.3) is 0 Å². The molecule has 0 saturated heterocycles. The Balaban J connectivity index is 2.13. The van der Waals surface area contributed by atoms with Gasteiger partial charge in [0.05, 0.1) is 16.1 Å². The minimum atomic E-state index is -0.294. The zero-order valence-electron chi connectivity index (χ0n) is 10.3. The summed E-state index contributed by atoms with van der Waals surface area (Å²) in [6.45, 7) is 1.99. The average molecular weight is 319 g/mol. The summed E-state index contributed by atoms with van der Waals surface area (Å²) >= 11 is 3.12. The molecule has 0 radical (unpaired) electrons. The highest BCUT2D eigenvalue weighted by molar-refractivity contribution is 9.10. The smallest absolute Gasteiger partial charge is 0.139 e. The Kier molecular flexibility index (Phi) is 4.18. The van der Waals surface area contributed by atoms with Crippen molar-refractivity contribution >= 4 is 21.6 Å². The van der Waals surface area contributed by atoms with Gasteiger partial charge in [-0.25, -0.2) is 4.39 Å². The quantitative estimate of drug-likeness (QED) is 0.895. The number of hydrogen-bond acceptors (Lipinski definition) is 2. The van der Waals surface area contributed by atoms with Crippen molar-refractivity contribution in [1.29, 1.82) is 5.26 Å². The number of rotatable bonds is 3. The van der Waals surface area contributed by atoms with Crippen molar-refractivity contribution < 1.29 is 4.39 Å². The number of anilines is 1. The van der Waals surface area contributed by atoms with E-state index >= 15 is 0 Å². The Morgan fingerprint density at radius 2 is 1.89 bits per heavy atom. The van der Waals surface area contributed by atoms with Gasteiger partial charge in [-0.3, -0.25) is 0 Å². The third-order valence-corrected chi connectivity index (χ3v) is 3.49. The number of benzene rings is 2. The first kappa shape index (κ1) is 13.6. The number of nitrogens with one attached hydrogen (secondary N) is 1. The molecule has 0 bridgehead atoms. The second-order valence-corrected chi connectivity index (χ2v) is 5.08. The van der Waals surface area contributed by atoms with Crippen LogP contribution in [0.5, 0.6) is 0 Å². The van der Waals surface area contributed by atoms with Crippen molar-refractivity contribution in [1.82, 2.24) is 0 Å². The normalized spacial score (nSPS) is 11.7. The van der Waals surface area contributed by atoms with Crippen LogP contribution >= 0.6 is 15.9 Å². The SMILES string of the molecule is CC(Nc1ccc(Br)c(F)c1)c1ccc(C#N)cc1. The van der Waals surface area contributed by atoms with Crippen molar-refractivity contribution in [3.05, 3.63) is 63.9 Å². The summed E-state index contributed by atoms with van der Waals surface area (Å²) in [6, 6.07) is 14.4. The Bertz CT molecular complexity index is 617. The van der Waals surface area contributed by atoms with E-state index in [1.807, 2.05) is 25.1 Å². The summed E-state index contributed by atoms with van der Waals surface area (Å²) in [5.74, 6) is -0.294. The summed E-state index contributed by atoms with van der Waals surface area (Å²) in [5, 5.41) is 12.0. The van der Waals surface area contributed by atoms with E-state index in [4.69, 9.17) is 5.26 Å². The molecule has 1 atom stereocenters. The van der Waals surface area contributed by atoms with Gasteiger partial charge < -0.3 is 5.32 Å². The van der Waals surface area contributed by atoms with Crippen LogP contribution in [0, 0.1) is 17.1 Å². The molecule has 2 rings (SSSR count). The first-order chi connectivity index (χ1) is 9.10. The lowest BCUT2D eigenvalue weighted by atomic mass is 10.1.